The molecule has 1 aromatic carbocycles. The van der Waals surface area contributed by atoms with Crippen LogP contribution in [0.25, 0.3) is 0 Å². The summed E-state index contributed by atoms with van der Waals surface area (Å²) in [6.45, 7) is 1.60. The maximum absolute atomic E-state index is 12.1. The molecule has 0 atom stereocenters. The fraction of sp³-hybridized carbons (Fsp3) is 0.357. The largest absolute Gasteiger partial charge is 0.495 e. The predicted molar refractivity (Wildman–Crippen MR) is 75.8 cm³/mol. The van der Waals surface area contributed by atoms with Gasteiger partial charge < -0.3 is 19.9 Å². The first-order valence-electron chi connectivity index (χ1n) is 6.58. The number of benzene rings is 1. The average Bonchev–Trinajstić information content (AvgIpc) is 2.54. The van der Waals surface area contributed by atoms with E-state index in [1.54, 1.807) is 29.2 Å². The van der Waals surface area contributed by atoms with E-state index in [-0.39, 0.29) is 0 Å². The fourth-order valence-corrected chi connectivity index (χ4v) is 2.10. The molecular formula is C14H17N3O4. The highest BCUT2D eigenvalue weighted by atomic mass is 16.5. The Balaban J connectivity index is 1.97. The smallest absolute Gasteiger partial charge is 0.314 e. The lowest BCUT2D eigenvalue weighted by Crippen LogP contribution is -2.51. The molecule has 1 fully saturated rings. The summed E-state index contributed by atoms with van der Waals surface area (Å²) in [4.78, 5) is 37.7. The van der Waals surface area contributed by atoms with Crippen molar-refractivity contribution in [2.24, 2.45) is 0 Å². The van der Waals surface area contributed by atoms with Crippen molar-refractivity contribution in [1.82, 2.24) is 9.80 Å². The number of ether oxygens (including phenoxy) is 1. The minimum atomic E-state index is -0.709. The first kappa shape index (κ1) is 14.8. The summed E-state index contributed by atoms with van der Waals surface area (Å²) >= 11 is 0. The number of hydrogen-bond donors (Lipinski definition) is 1. The number of hydrogen-bond acceptors (Lipinski definition) is 4. The van der Waals surface area contributed by atoms with Gasteiger partial charge in [-0.15, -0.1) is 0 Å². The van der Waals surface area contributed by atoms with Crippen LogP contribution < -0.4 is 10.1 Å². The second-order valence-electron chi connectivity index (χ2n) is 4.59. The average molecular weight is 291 g/mol. The lowest BCUT2D eigenvalue weighted by atomic mass is 10.2. The van der Waals surface area contributed by atoms with E-state index in [1.165, 1.54) is 12.0 Å². The van der Waals surface area contributed by atoms with Gasteiger partial charge in [0.2, 0.25) is 6.41 Å². The lowest BCUT2D eigenvalue weighted by Gasteiger charge is -2.32. The number of piperazine rings is 1. The van der Waals surface area contributed by atoms with Crippen LogP contribution in [0.2, 0.25) is 0 Å². The third kappa shape index (κ3) is 3.50. The van der Waals surface area contributed by atoms with Gasteiger partial charge in [0.15, 0.2) is 0 Å². The van der Waals surface area contributed by atoms with Crippen LogP contribution in [0.5, 0.6) is 5.75 Å². The Bertz CT molecular complexity index is 539. The van der Waals surface area contributed by atoms with Crippen molar-refractivity contribution in [2.45, 2.75) is 0 Å². The number of amides is 3. The van der Waals surface area contributed by atoms with Crippen LogP contribution in [0.4, 0.5) is 5.69 Å². The molecule has 1 aliphatic heterocycles. The molecule has 1 heterocycles. The van der Waals surface area contributed by atoms with Crippen molar-refractivity contribution in [3.05, 3.63) is 24.3 Å². The molecule has 0 radical (unpaired) electrons. The number of carbonyl (C=O) groups is 3. The van der Waals surface area contributed by atoms with Crippen molar-refractivity contribution in [3.8, 4) is 5.75 Å². The Labute approximate surface area is 122 Å². The van der Waals surface area contributed by atoms with Gasteiger partial charge in [-0.2, -0.15) is 0 Å². The van der Waals surface area contributed by atoms with Crippen LogP contribution in [0.1, 0.15) is 0 Å². The fourth-order valence-electron chi connectivity index (χ4n) is 2.10. The molecule has 0 aromatic heterocycles. The summed E-state index contributed by atoms with van der Waals surface area (Å²) in [5, 5.41) is 2.55. The van der Waals surface area contributed by atoms with E-state index in [1.807, 2.05) is 0 Å². The summed E-state index contributed by atoms with van der Waals surface area (Å²) in [5.41, 5.74) is 0.449. The summed E-state index contributed by atoms with van der Waals surface area (Å²) < 4.78 is 5.11. The van der Waals surface area contributed by atoms with E-state index >= 15 is 0 Å². The maximum atomic E-state index is 12.1. The Hall–Kier alpha value is -2.57. The van der Waals surface area contributed by atoms with Crippen molar-refractivity contribution < 1.29 is 19.1 Å². The van der Waals surface area contributed by atoms with Crippen LogP contribution in [-0.2, 0) is 14.4 Å². The third-order valence-corrected chi connectivity index (χ3v) is 3.30. The normalized spacial score (nSPS) is 14.5. The minimum Gasteiger partial charge on any atom is -0.495 e. The summed E-state index contributed by atoms with van der Waals surface area (Å²) in [6.07, 6.45) is 0.747. The van der Waals surface area contributed by atoms with Crippen molar-refractivity contribution in [2.75, 3.05) is 38.6 Å². The molecule has 1 N–H and O–H groups in total. The van der Waals surface area contributed by atoms with E-state index in [9.17, 15) is 14.4 Å². The summed E-state index contributed by atoms with van der Waals surface area (Å²) in [7, 11) is 1.49. The van der Waals surface area contributed by atoms with Crippen LogP contribution in [0.3, 0.4) is 0 Å². The van der Waals surface area contributed by atoms with Crippen molar-refractivity contribution in [3.63, 3.8) is 0 Å². The van der Waals surface area contributed by atoms with Crippen LogP contribution in [0.15, 0.2) is 24.3 Å². The van der Waals surface area contributed by atoms with Gasteiger partial charge in [-0.1, -0.05) is 12.1 Å². The number of carbonyl (C=O) groups excluding carboxylic acids is 3. The number of nitrogens with one attached hydrogen (secondary N) is 1. The number of para-hydroxylation sites is 2. The summed E-state index contributed by atoms with van der Waals surface area (Å²) in [5.74, 6) is -0.824. The molecule has 0 unspecified atom stereocenters. The molecule has 7 heteroatoms. The molecule has 1 aromatic rings. The molecule has 7 nitrogen and oxygen atoms in total. The SMILES string of the molecule is COc1ccccc1NC(=O)C(=O)N1CCN(C=O)CC1. The molecule has 1 aliphatic rings. The molecule has 0 bridgehead atoms. The zero-order valence-corrected chi connectivity index (χ0v) is 11.7. The molecule has 112 valence electrons. The molecule has 0 spiro atoms. The van der Waals surface area contributed by atoms with Crippen LogP contribution >= 0.6 is 0 Å². The van der Waals surface area contributed by atoms with Gasteiger partial charge in [0.1, 0.15) is 5.75 Å². The highest BCUT2D eigenvalue weighted by molar-refractivity contribution is 6.39. The second-order valence-corrected chi connectivity index (χ2v) is 4.59. The highest BCUT2D eigenvalue weighted by Crippen LogP contribution is 2.22. The van der Waals surface area contributed by atoms with Gasteiger partial charge in [0.05, 0.1) is 12.8 Å². The monoisotopic (exact) mass is 291 g/mol. The molecule has 21 heavy (non-hydrogen) atoms. The van der Waals surface area contributed by atoms with Gasteiger partial charge in [0.25, 0.3) is 0 Å². The van der Waals surface area contributed by atoms with Crippen LogP contribution in [0, 0.1) is 0 Å². The first-order valence-corrected chi connectivity index (χ1v) is 6.58. The van der Waals surface area contributed by atoms with E-state index in [0.29, 0.717) is 37.6 Å². The van der Waals surface area contributed by atoms with Gasteiger partial charge in [0, 0.05) is 26.2 Å². The van der Waals surface area contributed by atoms with E-state index in [0.717, 1.165) is 6.41 Å². The Morgan fingerprint density at radius 2 is 1.86 bits per heavy atom. The topological polar surface area (TPSA) is 79.0 Å². The lowest BCUT2D eigenvalue weighted by molar-refractivity contribution is -0.144. The Kier molecular flexibility index (Phi) is 4.76. The Morgan fingerprint density at radius 3 is 2.48 bits per heavy atom. The minimum absolute atomic E-state index is 0.358. The van der Waals surface area contributed by atoms with E-state index in [2.05, 4.69) is 5.32 Å². The van der Waals surface area contributed by atoms with Gasteiger partial charge in [-0.25, -0.2) is 0 Å². The number of methoxy groups -OCH3 is 1. The van der Waals surface area contributed by atoms with E-state index in [4.69, 9.17) is 4.74 Å². The highest BCUT2D eigenvalue weighted by Gasteiger charge is 2.26. The second kappa shape index (κ2) is 6.74. The van der Waals surface area contributed by atoms with Crippen molar-refractivity contribution >= 4 is 23.9 Å². The number of nitrogens with zero attached hydrogens (tertiary/aromatic N) is 2. The first-order chi connectivity index (χ1) is 10.2. The molecule has 2 rings (SSSR count). The number of rotatable bonds is 3. The maximum Gasteiger partial charge on any atom is 0.314 e. The zero-order chi connectivity index (χ0) is 15.2. The third-order valence-electron chi connectivity index (χ3n) is 3.30. The van der Waals surface area contributed by atoms with Gasteiger partial charge in [-0.05, 0) is 12.1 Å². The predicted octanol–water partition coefficient (Wildman–Crippen LogP) is -0.0657. The van der Waals surface area contributed by atoms with Crippen molar-refractivity contribution in [1.29, 1.82) is 0 Å². The Morgan fingerprint density at radius 1 is 1.19 bits per heavy atom. The molecule has 3 amide bonds. The molecule has 0 saturated carbocycles. The molecular weight excluding hydrogens is 274 g/mol. The molecule has 1 saturated heterocycles. The van der Waals surface area contributed by atoms with Gasteiger partial charge >= 0.3 is 11.8 Å². The van der Waals surface area contributed by atoms with Gasteiger partial charge in [-0.3, -0.25) is 14.4 Å². The quantitative estimate of drug-likeness (QED) is 0.625. The van der Waals surface area contributed by atoms with E-state index < -0.39 is 11.8 Å². The standard InChI is InChI=1S/C14H17N3O4/c1-21-12-5-3-2-4-11(12)15-13(19)14(20)17-8-6-16(10-18)7-9-17/h2-5,10H,6-9H2,1H3,(H,15,19). The molecule has 0 aliphatic carbocycles. The zero-order valence-electron chi connectivity index (χ0n) is 11.7. The van der Waals surface area contributed by atoms with Crippen LogP contribution in [-0.4, -0.2) is 61.3 Å². The number of anilines is 1. The summed E-state index contributed by atoms with van der Waals surface area (Å²) in [6, 6.07) is 6.87.